The monoisotopic (exact) mass is 645 g/mol. The summed E-state index contributed by atoms with van der Waals surface area (Å²) in [7, 11) is 0. The van der Waals surface area contributed by atoms with Gasteiger partial charge in [-0.3, -0.25) is 0 Å². The summed E-state index contributed by atoms with van der Waals surface area (Å²) >= 11 is 0. The lowest BCUT2D eigenvalue weighted by atomic mass is 9.65. The lowest BCUT2D eigenvalue weighted by Gasteiger charge is -2.39. The third-order valence-corrected chi connectivity index (χ3v) is 10.6. The first kappa shape index (κ1) is 43.2. The lowest BCUT2D eigenvalue weighted by Crippen LogP contribution is -2.27. The first-order valence-electron chi connectivity index (χ1n) is 20.9. The van der Waals surface area contributed by atoms with Crippen molar-refractivity contribution < 1.29 is 0 Å². The molecule has 0 aromatic carbocycles. The van der Waals surface area contributed by atoms with Crippen LogP contribution in [0, 0.1) is 11.3 Å². The summed E-state index contributed by atoms with van der Waals surface area (Å²) < 4.78 is 0. The second-order valence-electron chi connectivity index (χ2n) is 14.6. The minimum Gasteiger partial charge on any atom is -0.125 e. The van der Waals surface area contributed by atoms with Crippen LogP contribution in [0.25, 0.3) is 0 Å². The first-order valence-corrected chi connectivity index (χ1v) is 20.9. The molecule has 2 atom stereocenters. The maximum absolute atomic E-state index is 4.83. The Labute approximate surface area is 296 Å². The van der Waals surface area contributed by atoms with Crippen molar-refractivity contribution in [2.45, 2.75) is 207 Å². The molecule has 0 spiro atoms. The molecule has 0 fully saturated rings. The molecule has 0 radical (unpaired) electrons. The molecule has 0 aromatic rings. The van der Waals surface area contributed by atoms with E-state index < -0.39 is 0 Å². The highest BCUT2D eigenvalue weighted by molar-refractivity contribution is 5.20. The highest BCUT2D eigenvalue weighted by Crippen LogP contribution is 2.46. The Morgan fingerprint density at radius 2 is 1.19 bits per heavy atom. The van der Waals surface area contributed by atoms with Crippen molar-refractivity contribution in [3.05, 3.63) is 78.6 Å². The maximum Gasteiger partial charge on any atom is -0.00203 e. The van der Waals surface area contributed by atoms with E-state index in [0.29, 0.717) is 11.3 Å². The largest absolute Gasteiger partial charge is 0.125 e. The van der Waals surface area contributed by atoms with Crippen LogP contribution in [0.4, 0.5) is 0 Å². The van der Waals surface area contributed by atoms with E-state index in [-0.39, 0.29) is 0 Å². The molecular weight excluding hydrogens is 565 g/mol. The van der Waals surface area contributed by atoms with Crippen molar-refractivity contribution in [2.75, 3.05) is 0 Å². The quantitative estimate of drug-likeness (QED) is 0.0296. The topological polar surface area (TPSA) is 0 Å². The van der Waals surface area contributed by atoms with Gasteiger partial charge in [-0.15, -0.1) is 5.73 Å². The molecule has 0 aromatic heterocycles. The van der Waals surface area contributed by atoms with Crippen molar-refractivity contribution in [1.82, 2.24) is 0 Å². The zero-order valence-corrected chi connectivity index (χ0v) is 32.1. The van der Waals surface area contributed by atoms with Gasteiger partial charge < -0.3 is 0 Å². The minimum absolute atomic E-state index is 0.350. The van der Waals surface area contributed by atoms with Crippen LogP contribution in [-0.4, -0.2) is 0 Å². The Kier molecular flexibility index (Phi) is 30.1. The SMILES string of the molecule is C=C(C1C=CCCC1)C(CC)(CCCCCCCCC=C=C/C=C\CCCCC)CCCCCCCC/C=C\C/C=C\CCCCC. The smallest absolute Gasteiger partial charge is 0.00203 e. The lowest BCUT2D eigenvalue weighted by molar-refractivity contribution is 0.245. The van der Waals surface area contributed by atoms with Crippen LogP contribution < -0.4 is 0 Å². The van der Waals surface area contributed by atoms with Crippen LogP contribution in [0.3, 0.4) is 0 Å². The van der Waals surface area contributed by atoms with Gasteiger partial charge in [0.1, 0.15) is 0 Å². The standard InChI is InChI=1S/C47H80/c1-5-8-10-12-14-16-18-20-22-24-26-28-30-32-34-39-43-47(7-3,45(4)46-41-37-36-38-42-46)44-40-35-33-31-29-27-25-23-21-19-17-15-13-11-9-6-2/h14-18,21-23,37,41,46H,4-13,19,24-36,38-40,42-44H2,1-3H3/b16-14-,17-15-,23-21-. The first-order chi connectivity index (χ1) is 23.2. The molecule has 0 bridgehead atoms. The van der Waals surface area contributed by atoms with Gasteiger partial charge in [0.15, 0.2) is 0 Å². The van der Waals surface area contributed by atoms with E-state index in [1.165, 1.54) is 180 Å². The molecule has 0 aliphatic heterocycles. The second-order valence-corrected chi connectivity index (χ2v) is 14.6. The molecule has 0 heteroatoms. The fourth-order valence-corrected chi connectivity index (χ4v) is 7.27. The van der Waals surface area contributed by atoms with Gasteiger partial charge >= 0.3 is 0 Å². The van der Waals surface area contributed by atoms with E-state index in [9.17, 15) is 0 Å². The predicted octanol–water partition coefficient (Wildman–Crippen LogP) is 16.5. The number of hydrogen-bond donors (Lipinski definition) is 0. The summed E-state index contributed by atoms with van der Waals surface area (Å²) in [6, 6.07) is 0. The van der Waals surface area contributed by atoms with Crippen molar-refractivity contribution in [2.24, 2.45) is 11.3 Å². The molecule has 0 saturated carbocycles. The van der Waals surface area contributed by atoms with Crippen LogP contribution in [0.1, 0.15) is 207 Å². The molecule has 268 valence electrons. The van der Waals surface area contributed by atoms with E-state index in [2.05, 4.69) is 87.3 Å². The summed E-state index contributed by atoms with van der Waals surface area (Å²) in [6.45, 7) is 11.8. The highest BCUT2D eigenvalue weighted by Gasteiger charge is 2.33. The Bertz CT molecular complexity index is 887. The molecule has 0 saturated heterocycles. The zero-order chi connectivity index (χ0) is 33.9. The van der Waals surface area contributed by atoms with E-state index in [0.717, 1.165) is 6.42 Å². The molecule has 1 rings (SSSR count). The molecule has 0 N–H and O–H groups in total. The molecule has 47 heavy (non-hydrogen) atoms. The Morgan fingerprint density at radius 3 is 1.74 bits per heavy atom. The number of unbranched alkanes of at least 4 members (excludes halogenated alkanes) is 18. The van der Waals surface area contributed by atoms with Gasteiger partial charge in [0, 0.05) is 0 Å². The number of allylic oxidation sites excluding steroid dienone is 10. The Balaban J connectivity index is 2.30. The molecule has 0 nitrogen and oxygen atoms in total. The molecule has 0 amide bonds. The van der Waals surface area contributed by atoms with Gasteiger partial charge in [-0.1, -0.05) is 171 Å². The molecule has 0 heterocycles. The normalized spacial score (nSPS) is 16.3. The number of rotatable bonds is 32. The van der Waals surface area contributed by atoms with E-state index in [1.54, 1.807) is 5.57 Å². The Hall–Kier alpha value is -1.78. The van der Waals surface area contributed by atoms with Gasteiger partial charge in [-0.2, -0.15) is 0 Å². The van der Waals surface area contributed by atoms with Crippen LogP contribution >= 0.6 is 0 Å². The predicted molar refractivity (Wildman–Crippen MR) is 215 cm³/mol. The fourth-order valence-electron chi connectivity index (χ4n) is 7.27. The highest BCUT2D eigenvalue weighted by atomic mass is 14.4. The summed E-state index contributed by atoms with van der Waals surface area (Å²) in [4.78, 5) is 0. The van der Waals surface area contributed by atoms with Gasteiger partial charge in [-0.05, 0) is 120 Å². The van der Waals surface area contributed by atoms with Gasteiger partial charge in [0.25, 0.3) is 0 Å². The van der Waals surface area contributed by atoms with Crippen molar-refractivity contribution >= 4 is 0 Å². The summed E-state index contributed by atoms with van der Waals surface area (Å²) in [5.74, 6) is 0.618. The van der Waals surface area contributed by atoms with Crippen LogP contribution in [-0.2, 0) is 0 Å². The van der Waals surface area contributed by atoms with Crippen molar-refractivity contribution in [3.63, 3.8) is 0 Å². The minimum atomic E-state index is 0.350. The van der Waals surface area contributed by atoms with Gasteiger partial charge in [-0.25, -0.2) is 0 Å². The molecular formula is C47H80. The van der Waals surface area contributed by atoms with Crippen molar-refractivity contribution in [3.8, 4) is 0 Å². The average Bonchev–Trinajstić information content (AvgIpc) is 3.10. The Morgan fingerprint density at radius 1 is 0.660 bits per heavy atom. The van der Waals surface area contributed by atoms with Gasteiger partial charge in [0.2, 0.25) is 0 Å². The fraction of sp³-hybridized carbons (Fsp3) is 0.723. The molecule has 2 unspecified atom stereocenters. The third-order valence-electron chi connectivity index (χ3n) is 10.6. The van der Waals surface area contributed by atoms with Crippen LogP contribution in [0.15, 0.2) is 78.6 Å². The molecule has 1 aliphatic rings. The molecule has 1 aliphatic carbocycles. The van der Waals surface area contributed by atoms with E-state index >= 15 is 0 Å². The third kappa shape index (κ3) is 24.1. The summed E-state index contributed by atoms with van der Waals surface area (Å²) in [5, 5.41) is 0. The summed E-state index contributed by atoms with van der Waals surface area (Å²) in [5.41, 5.74) is 5.27. The van der Waals surface area contributed by atoms with Crippen molar-refractivity contribution in [1.29, 1.82) is 0 Å². The maximum atomic E-state index is 4.83. The van der Waals surface area contributed by atoms with E-state index in [4.69, 9.17) is 6.58 Å². The van der Waals surface area contributed by atoms with Gasteiger partial charge in [0.05, 0.1) is 0 Å². The zero-order valence-electron chi connectivity index (χ0n) is 32.1. The second kappa shape index (κ2) is 32.8. The average molecular weight is 645 g/mol. The number of hydrogen-bond acceptors (Lipinski definition) is 0. The summed E-state index contributed by atoms with van der Waals surface area (Å²) in [6.07, 6.45) is 61.5. The van der Waals surface area contributed by atoms with Crippen LogP contribution in [0.5, 0.6) is 0 Å². The van der Waals surface area contributed by atoms with E-state index in [1.807, 2.05) is 0 Å². The van der Waals surface area contributed by atoms with Crippen LogP contribution in [0.2, 0.25) is 0 Å².